The molecule has 1 rings (SSSR count). The van der Waals surface area contributed by atoms with Gasteiger partial charge in [0.1, 0.15) is 5.82 Å². The number of aromatic nitrogens is 2. The Morgan fingerprint density at radius 1 is 1.42 bits per heavy atom. The van der Waals surface area contributed by atoms with E-state index in [1.165, 1.54) is 0 Å². The summed E-state index contributed by atoms with van der Waals surface area (Å²) in [5.74, 6) is 0.859. The van der Waals surface area contributed by atoms with Crippen molar-refractivity contribution >= 4 is 0 Å². The number of hydrogen-bond donors (Lipinski definition) is 1. The lowest BCUT2D eigenvalue weighted by Crippen LogP contribution is -2.25. The summed E-state index contributed by atoms with van der Waals surface area (Å²) in [5, 5.41) is 3.32. The van der Waals surface area contributed by atoms with Gasteiger partial charge in [-0.3, -0.25) is 0 Å². The first-order valence-electron chi connectivity index (χ1n) is 4.32. The van der Waals surface area contributed by atoms with E-state index in [1.54, 1.807) is 12.4 Å². The van der Waals surface area contributed by atoms with E-state index in [9.17, 15) is 0 Å². The SMILES string of the molecule is CCC(C)NCc1ncccn1. The largest absolute Gasteiger partial charge is 0.307 e. The molecule has 1 aromatic heterocycles. The lowest BCUT2D eigenvalue weighted by Gasteiger charge is -2.09. The molecule has 12 heavy (non-hydrogen) atoms. The number of hydrogen-bond acceptors (Lipinski definition) is 3. The zero-order valence-electron chi connectivity index (χ0n) is 7.62. The summed E-state index contributed by atoms with van der Waals surface area (Å²) in [7, 11) is 0. The van der Waals surface area contributed by atoms with Gasteiger partial charge in [0.05, 0.1) is 6.54 Å². The maximum absolute atomic E-state index is 4.11. The summed E-state index contributed by atoms with van der Waals surface area (Å²) in [5.41, 5.74) is 0. The summed E-state index contributed by atoms with van der Waals surface area (Å²) < 4.78 is 0. The van der Waals surface area contributed by atoms with Crippen LogP contribution in [0.2, 0.25) is 0 Å². The van der Waals surface area contributed by atoms with Crippen LogP contribution in [0.3, 0.4) is 0 Å². The van der Waals surface area contributed by atoms with Crippen molar-refractivity contribution in [1.29, 1.82) is 0 Å². The van der Waals surface area contributed by atoms with Crippen molar-refractivity contribution in [2.45, 2.75) is 32.9 Å². The first-order chi connectivity index (χ1) is 5.83. The topological polar surface area (TPSA) is 37.8 Å². The molecule has 1 N–H and O–H groups in total. The molecule has 0 spiro atoms. The molecule has 0 aromatic carbocycles. The van der Waals surface area contributed by atoms with E-state index in [2.05, 4.69) is 29.1 Å². The Labute approximate surface area is 73.2 Å². The third-order valence-electron chi connectivity index (χ3n) is 1.84. The van der Waals surface area contributed by atoms with Gasteiger partial charge in [-0.05, 0) is 19.4 Å². The van der Waals surface area contributed by atoms with Crippen LogP contribution in [-0.2, 0) is 6.54 Å². The number of nitrogens with one attached hydrogen (secondary N) is 1. The third-order valence-corrected chi connectivity index (χ3v) is 1.84. The van der Waals surface area contributed by atoms with Gasteiger partial charge in [-0.25, -0.2) is 9.97 Å². The lowest BCUT2D eigenvalue weighted by atomic mass is 10.2. The zero-order chi connectivity index (χ0) is 8.81. The number of nitrogens with zero attached hydrogens (tertiary/aromatic N) is 2. The zero-order valence-corrected chi connectivity index (χ0v) is 7.62. The summed E-state index contributed by atoms with van der Waals surface area (Å²) in [6, 6.07) is 2.36. The molecule has 0 aliphatic carbocycles. The van der Waals surface area contributed by atoms with Crippen LogP contribution in [0.1, 0.15) is 26.1 Å². The standard InChI is InChI=1S/C9H15N3/c1-3-8(2)12-7-9-10-5-4-6-11-9/h4-6,8,12H,3,7H2,1-2H3. The first kappa shape index (κ1) is 9.13. The Hall–Kier alpha value is -0.960. The van der Waals surface area contributed by atoms with Crippen LogP contribution < -0.4 is 5.32 Å². The van der Waals surface area contributed by atoms with Crippen molar-refractivity contribution in [3.05, 3.63) is 24.3 Å². The third kappa shape index (κ3) is 2.96. The molecule has 0 fully saturated rings. The molecule has 0 radical (unpaired) electrons. The van der Waals surface area contributed by atoms with E-state index in [4.69, 9.17) is 0 Å². The Bertz CT molecular complexity index is 210. The van der Waals surface area contributed by atoms with Gasteiger partial charge >= 0.3 is 0 Å². The number of rotatable bonds is 4. The van der Waals surface area contributed by atoms with Gasteiger partial charge in [-0.2, -0.15) is 0 Å². The van der Waals surface area contributed by atoms with E-state index < -0.39 is 0 Å². The predicted octanol–water partition coefficient (Wildman–Crippen LogP) is 1.36. The van der Waals surface area contributed by atoms with Crippen molar-refractivity contribution < 1.29 is 0 Å². The van der Waals surface area contributed by atoms with Gasteiger partial charge in [-0.1, -0.05) is 6.92 Å². The van der Waals surface area contributed by atoms with Crippen LogP contribution in [0.4, 0.5) is 0 Å². The van der Waals surface area contributed by atoms with Crippen molar-refractivity contribution in [2.24, 2.45) is 0 Å². The smallest absolute Gasteiger partial charge is 0.141 e. The molecule has 0 amide bonds. The maximum atomic E-state index is 4.11. The molecule has 0 saturated carbocycles. The Morgan fingerprint density at radius 3 is 2.67 bits per heavy atom. The minimum absolute atomic E-state index is 0.536. The second kappa shape index (κ2) is 4.83. The van der Waals surface area contributed by atoms with Crippen molar-refractivity contribution in [3.8, 4) is 0 Å². The molecule has 1 atom stereocenters. The fourth-order valence-electron chi connectivity index (χ4n) is 0.831. The predicted molar refractivity (Wildman–Crippen MR) is 48.6 cm³/mol. The van der Waals surface area contributed by atoms with Crippen LogP contribution in [0.15, 0.2) is 18.5 Å². The van der Waals surface area contributed by atoms with E-state index in [1.807, 2.05) is 6.07 Å². The fourth-order valence-corrected chi connectivity index (χ4v) is 0.831. The lowest BCUT2D eigenvalue weighted by molar-refractivity contribution is 0.523. The molecule has 66 valence electrons. The monoisotopic (exact) mass is 165 g/mol. The second-order valence-corrected chi connectivity index (χ2v) is 2.86. The molecular formula is C9H15N3. The van der Waals surface area contributed by atoms with Crippen LogP contribution in [0.5, 0.6) is 0 Å². The second-order valence-electron chi connectivity index (χ2n) is 2.86. The highest BCUT2D eigenvalue weighted by molar-refractivity contribution is 4.88. The Morgan fingerprint density at radius 2 is 2.08 bits per heavy atom. The molecule has 3 nitrogen and oxygen atoms in total. The fraction of sp³-hybridized carbons (Fsp3) is 0.556. The molecule has 0 aliphatic rings. The van der Waals surface area contributed by atoms with Gasteiger partial charge in [0, 0.05) is 18.4 Å². The van der Waals surface area contributed by atoms with Crippen molar-refractivity contribution in [3.63, 3.8) is 0 Å². The summed E-state index contributed by atoms with van der Waals surface area (Å²) in [4.78, 5) is 8.22. The molecular weight excluding hydrogens is 150 g/mol. The van der Waals surface area contributed by atoms with E-state index in [-0.39, 0.29) is 0 Å². The van der Waals surface area contributed by atoms with E-state index in [0.29, 0.717) is 6.04 Å². The maximum Gasteiger partial charge on any atom is 0.141 e. The molecule has 1 aromatic rings. The minimum atomic E-state index is 0.536. The Balaban J connectivity index is 2.33. The summed E-state index contributed by atoms with van der Waals surface area (Å²) >= 11 is 0. The highest BCUT2D eigenvalue weighted by Crippen LogP contribution is 1.91. The van der Waals surface area contributed by atoms with E-state index in [0.717, 1.165) is 18.8 Å². The molecule has 0 saturated heterocycles. The van der Waals surface area contributed by atoms with Crippen LogP contribution >= 0.6 is 0 Å². The quantitative estimate of drug-likeness (QED) is 0.732. The average molecular weight is 165 g/mol. The van der Waals surface area contributed by atoms with Gasteiger partial charge in [0.15, 0.2) is 0 Å². The molecule has 1 heterocycles. The minimum Gasteiger partial charge on any atom is -0.307 e. The van der Waals surface area contributed by atoms with Crippen LogP contribution in [0, 0.1) is 0 Å². The van der Waals surface area contributed by atoms with Gasteiger partial charge in [-0.15, -0.1) is 0 Å². The normalized spacial score (nSPS) is 12.8. The summed E-state index contributed by atoms with van der Waals surface area (Å²) in [6.07, 6.45) is 4.66. The molecule has 3 heteroatoms. The first-order valence-corrected chi connectivity index (χ1v) is 4.32. The van der Waals surface area contributed by atoms with Gasteiger partial charge < -0.3 is 5.32 Å². The van der Waals surface area contributed by atoms with Crippen LogP contribution in [-0.4, -0.2) is 16.0 Å². The highest BCUT2D eigenvalue weighted by Gasteiger charge is 1.98. The molecule has 0 bridgehead atoms. The summed E-state index contributed by atoms with van der Waals surface area (Å²) in [6.45, 7) is 5.07. The average Bonchev–Trinajstić information content (AvgIpc) is 2.16. The van der Waals surface area contributed by atoms with Crippen molar-refractivity contribution in [1.82, 2.24) is 15.3 Å². The van der Waals surface area contributed by atoms with Gasteiger partial charge in [0.2, 0.25) is 0 Å². The van der Waals surface area contributed by atoms with Gasteiger partial charge in [0.25, 0.3) is 0 Å². The van der Waals surface area contributed by atoms with Crippen LogP contribution in [0.25, 0.3) is 0 Å². The molecule has 0 aliphatic heterocycles. The van der Waals surface area contributed by atoms with E-state index >= 15 is 0 Å². The highest BCUT2D eigenvalue weighted by atomic mass is 15.0. The Kier molecular flexibility index (Phi) is 3.67. The van der Waals surface area contributed by atoms with Crippen molar-refractivity contribution in [2.75, 3.05) is 0 Å². The molecule has 1 unspecified atom stereocenters.